The van der Waals surface area contributed by atoms with E-state index in [0.29, 0.717) is 19.0 Å². The molecule has 6 heteroatoms. The predicted octanol–water partition coefficient (Wildman–Crippen LogP) is 2.15. The summed E-state index contributed by atoms with van der Waals surface area (Å²) in [5.41, 5.74) is 4.66. The molecule has 0 radical (unpaired) electrons. The van der Waals surface area contributed by atoms with Crippen molar-refractivity contribution in [3.8, 4) is 6.07 Å². The van der Waals surface area contributed by atoms with E-state index in [1.165, 1.54) is 11.3 Å². The average Bonchev–Trinajstić information content (AvgIpc) is 2.82. The Hall–Kier alpha value is -2.97. The second kappa shape index (κ2) is 12.9. The number of aryl methyl sites for hydroxylation is 1. The molecule has 2 aromatic carbocycles. The summed E-state index contributed by atoms with van der Waals surface area (Å²) in [6.07, 6.45) is 4.54. The van der Waals surface area contributed by atoms with Crippen LogP contribution in [-0.2, 0) is 11.2 Å². The number of nitrogens with zero attached hydrogens (tertiary/aromatic N) is 3. The molecule has 0 unspecified atom stereocenters. The van der Waals surface area contributed by atoms with E-state index in [1.807, 2.05) is 24.0 Å². The van der Waals surface area contributed by atoms with Crippen LogP contribution in [-0.4, -0.2) is 37.0 Å². The second-order valence-electron chi connectivity index (χ2n) is 8.41. The van der Waals surface area contributed by atoms with Gasteiger partial charge in [0.1, 0.15) is 11.6 Å². The molecule has 1 heterocycles. The van der Waals surface area contributed by atoms with Crippen LogP contribution in [0.4, 0.5) is 11.4 Å². The molecule has 2 aromatic rings. The Labute approximate surface area is 204 Å². The van der Waals surface area contributed by atoms with Crippen molar-refractivity contribution < 1.29 is 17.2 Å². The summed E-state index contributed by atoms with van der Waals surface area (Å²) >= 11 is 0. The third kappa shape index (κ3) is 7.00. The molecule has 0 aromatic heterocycles. The lowest BCUT2D eigenvalue weighted by Gasteiger charge is -2.32. The van der Waals surface area contributed by atoms with Gasteiger partial charge in [-0.3, -0.25) is 4.79 Å². The Balaban J connectivity index is 0.00000385. The molecule has 0 atom stereocenters. The van der Waals surface area contributed by atoms with Crippen LogP contribution < -0.4 is 22.6 Å². The van der Waals surface area contributed by atoms with Crippen molar-refractivity contribution in [2.24, 2.45) is 5.92 Å². The Kier molecular flexibility index (Phi) is 10.3. The molecular formula is C27H34ClN4O-. The Morgan fingerprint density at radius 1 is 1.15 bits per heavy atom. The van der Waals surface area contributed by atoms with Crippen LogP contribution >= 0.6 is 0 Å². The van der Waals surface area contributed by atoms with Gasteiger partial charge in [0.25, 0.3) is 5.91 Å². The Morgan fingerprint density at radius 2 is 1.82 bits per heavy atom. The van der Waals surface area contributed by atoms with Crippen molar-refractivity contribution in [1.82, 2.24) is 4.90 Å². The highest BCUT2D eigenvalue weighted by atomic mass is 35.5. The van der Waals surface area contributed by atoms with Gasteiger partial charge in [-0.1, -0.05) is 30.3 Å². The summed E-state index contributed by atoms with van der Waals surface area (Å²) < 4.78 is 0. The number of benzene rings is 2. The van der Waals surface area contributed by atoms with Gasteiger partial charge in [-0.25, -0.2) is 0 Å². The van der Waals surface area contributed by atoms with Crippen LogP contribution in [0.15, 0.2) is 60.3 Å². The molecule has 0 bridgehead atoms. The highest BCUT2D eigenvalue weighted by molar-refractivity contribution is 5.97. The quantitative estimate of drug-likeness (QED) is 0.479. The summed E-state index contributed by atoms with van der Waals surface area (Å²) in [5, 5.41) is 12.8. The van der Waals surface area contributed by atoms with Gasteiger partial charge in [0.2, 0.25) is 0 Å². The number of hydrogen-bond donors (Lipinski definition) is 1. The van der Waals surface area contributed by atoms with Gasteiger partial charge in [-0.2, -0.15) is 5.26 Å². The van der Waals surface area contributed by atoms with Crippen molar-refractivity contribution in [3.63, 3.8) is 0 Å². The second-order valence-corrected chi connectivity index (χ2v) is 8.41. The number of carbonyl (C=O) groups excluding carboxylic acids is 1. The molecule has 0 saturated carbocycles. The summed E-state index contributed by atoms with van der Waals surface area (Å²) in [4.78, 5) is 17.0. The van der Waals surface area contributed by atoms with Crippen LogP contribution in [0, 0.1) is 24.2 Å². The topological polar surface area (TPSA) is 59.4 Å². The van der Waals surface area contributed by atoms with Crippen LogP contribution in [0.25, 0.3) is 0 Å². The van der Waals surface area contributed by atoms with Crippen molar-refractivity contribution >= 4 is 17.3 Å². The maximum absolute atomic E-state index is 12.9. The number of rotatable bonds is 8. The lowest BCUT2D eigenvalue weighted by Crippen LogP contribution is -3.00. The van der Waals surface area contributed by atoms with E-state index in [4.69, 9.17) is 0 Å². The first kappa shape index (κ1) is 26.3. The number of nitrogens with one attached hydrogen (secondary N) is 1. The number of carbonyl (C=O) groups is 1. The molecule has 0 aliphatic carbocycles. The fraction of sp³-hybridized carbons (Fsp3) is 0.407. The fourth-order valence-corrected chi connectivity index (χ4v) is 4.34. The van der Waals surface area contributed by atoms with E-state index >= 15 is 0 Å². The molecule has 1 aliphatic heterocycles. The molecule has 3 rings (SSSR count). The van der Waals surface area contributed by atoms with Gasteiger partial charge in [-0.15, -0.1) is 0 Å². The molecule has 1 saturated heterocycles. The lowest BCUT2D eigenvalue weighted by molar-refractivity contribution is -0.128. The van der Waals surface area contributed by atoms with E-state index in [-0.39, 0.29) is 23.9 Å². The van der Waals surface area contributed by atoms with E-state index in [2.05, 4.69) is 66.5 Å². The van der Waals surface area contributed by atoms with Gasteiger partial charge in [-0.05, 0) is 75.3 Å². The molecule has 1 fully saturated rings. The van der Waals surface area contributed by atoms with E-state index in [9.17, 15) is 10.1 Å². The van der Waals surface area contributed by atoms with Crippen molar-refractivity contribution in [3.05, 3.63) is 71.4 Å². The number of likely N-dealkylation sites (tertiary alicyclic amines) is 1. The number of nitriles is 1. The number of piperidine rings is 1. The van der Waals surface area contributed by atoms with Crippen LogP contribution in [0.1, 0.15) is 37.8 Å². The summed E-state index contributed by atoms with van der Waals surface area (Å²) in [6, 6.07) is 18.8. The Bertz CT molecular complexity index is 971. The number of amides is 1. The molecule has 0 spiro atoms. The lowest BCUT2D eigenvalue weighted by atomic mass is 9.90. The zero-order chi connectivity index (χ0) is 22.9. The van der Waals surface area contributed by atoms with Gasteiger partial charge in [0.05, 0.1) is 0 Å². The van der Waals surface area contributed by atoms with Crippen molar-refractivity contribution in [2.45, 2.75) is 40.0 Å². The molecule has 176 valence electrons. The van der Waals surface area contributed by atoms with Crippen molar-refractivity contribution in [1.29, 1.82) is 5.26 Å². The van der Waals surface area contributed by atoms with Gasteiger partial charge in [0.15, 0.2) is 0 Å². The normalized spacial score (nSPS) is 14.2. The number of halogens is 1. The molecule has 5 nitrogen and oxygen atoms in total. The predicted molar refractivity (Wildman–Crippen MR) is 132 cm³/mol. The Morgan fingerprint density at radius 3 is 2.39 bits per heavy atom. The first-order valence-electron chi connectivity index (χ1n) is 11.6. The number of anilines is 2. The first-order valence-corrected chi connectivity index (χ1v) is 11.6. The molecule has 1 aliphatic rings. The van der Waals surface area contributed by atoms with Gasteiger partial charge in [0, 0.05) is 43.8 Å². The smallest absolute Gasteiger partial charge is 0.266 e. The largest absolute Gasteiger partial charge is 1.00 e. The SMILES string of the molecule is CCN(CC)c1ccc(N/C=C(/C#N)C(=O)N2CCC(Cc3ccccc3)CC2)c(C)c1.[Cl-]. The minimum absolute atomic E-state index is 0. The summed E-state index contributed by atoms with van der Waals surface area (Å²) in [6.45, 7) is 9.63. The fourth-order valence-electron chi connectivity index (χ4n) is 4.34. The highest BCUT2D eigenvalue weighted by Crippen LogP contribution is 2.24. The van der Waals surface area contributed by atoms with Gasteiger partial charge < -0.3 is 27.5 Å². The third-order valence-electron chi connectivity index (χ3n) is 6.33. The van der Waals surface area contributed by atoms with Crippen LogP contribution in [0.3, 0.4) is 0 Å². The third-order valence-corrected chi connectivity index (χ3v) is 6.33. The number of hydrogen-bond acceptors (Lipinski definition) is 4. The van der Waals surface area contributed by atoms with E-state index in [1.54, 1.807) is 6.20 Å². The first-order chi connectivity index (χ1) is 15.5. The minimum Gasteiger partial charge on any atom is -1.00 e. The highest BCUT2D eigenvalue weighted by Gasteiger charge is 2.25. The summed E-state index contributed by atoms with van der Waals surface area (Å²) in [5.74, 6) is 0.400. The molecule has 33 heavy (non-hydrogen) atoms. The maximum Gasteiger partial charge on any atom is 0.266 e. The minimum atomic E-state index is -0.185. The molecular weight excluding hydrogens is 432 g/mol. The van der Waals surface area contributed by atoms with E-state index < -0.39 is 0 Å². The summed E-state index contributed by atoms with van der Waals surface area (Å²) in [7, 11) is 0. The monoisotopic (exact) mass is 465 g/mol. The van der Waals surface area contributed by atoms with E-state index in [0.717, 1.165) is 43.6 Å². The van der Waals surface area contributed by atoms with Crippen LogP contribution in [0.5, 0.6) is 0 Å². The van der Waals surface area contributed by atoms with Crippen LogP contribution in [0.2, 0.25) is 0 Å². The maximum atomic E-state index is 12.9. The zero-order valence-electron chi connectivity index (χ0n) is 19.9. The zero-order valence-corrected chi connectivity index (χ0v) is 20.6. The van der Waals surface area contributed by atoms with Crippen molar-refractivity contribution in [2.75, 3.05) is 36.4 Å². The van der Waals surface area contributed by atoms with Gasteiger partial charge >= 0.3 is 0 Å². The standard InChI is InChI=1S/C27H34N4O.ClH/c1-4-30(5-2)25-11-12-26(21(3)17-25)29-20-24(19-28)27(32)31-15-13-23(14-16-31)18-22-9-7-6-8-10-22;/h6-12,17,20,23,29H,4-5,13-16,18H2,1-3H3;1H/p-1/b24-20-;. The average molecular weight is 466 g/mol. The molecule has 1 amide bonds. The molecule has 1 N–H and O–H groups in total.